The molecule has 364 valence electrons. The Hall–Kier alpha value is -3.81. The molecule has 0 aromatic heterocycles. The molecule has 9 rings (SSSR count). The molecule has 1 saturated heterocycles. The summed E-state index contributed by atoms with van der Waals surface area (Å²) in [4.78, 5) is 0. The van der Waals surface area contributed by atoms with Crippen LogP contribution in [-0.2, 0) is 0 Å². The predicted molar refractivity (Wildman–Crippen MR) is 329 cm³/mol. The Morgan fingerprint density at radius 2 is 0.347 bits per heavy atom. The normalized spacial score (nSPS) is 15.4. The van der Waals surface area contributed by atoms with Gasteiger partial charge in [-0.25, -0.2) is 0 Å². The van der Waals surface area contributed by atoms with Gasteiger partial charge < -0.3 is 16.9 Å². The van der Waals surface area contributed by atoms with Crippen molar-refractivity contribution in [3.63, 3.8) is 0 Å². The summed E-state index contributed by atoms with van der Waals surface area (Å²) in [6.07, 6.45) is 4.78. The minimum Gasteiger partial charge on any atom is -0.325 e. The lowest BCUT2D eigenvalue weighted by Gasteiger charge is -2.52. The van der Waals surface area contributed by atoms with Crippen molar-refractivity contribution in [2.45, 2.75) is 24.2 Å². The highest BCUT2D eigenvalue weighted by molar-refractivity contribution is 7.74. The predicted octanol–water partition coefficient (Wildman–Crippen LogP) is 10.2. The number of benzene rings is 8. The molecule has 1 aliphatic heterocycles. The van der Waals surface area contributed by atoms with Crippen molar-refractivity contribution in [3.05, 3.63) is 243 Å². The van der Waals surface area contributed by atoms with Crippen molar-refractivity contribution in [3.8, 4) is 0 Å². The van der Waals surface area contributed by atoms with Gasteiger partial charge in [0.05, 0.1) is 0 Å². The summed E-state index contributed by atoms with van der Waals surface area (Å²) in [5.74, 6) is 0. The molecule has 0 unspecified atom stereocenters. The highest BCUT2D eigenvalue weighted by Crippen LogP contribution is 2.41. The topological polar surface area (TPSA) is 13.0 Å². The molecule has 0 spiro atoms. The van der Waals surface area contributed by atoms with Gasteiger partial charge in [0.2, 0.25) is 36.5 Å². The number of hydrogen-bond acceptors (Lipinski definition) is 4. The van der Waals surface area contributed by atoms with Gasteiger partial charge in [-0.3, -0.25) is 0 Å². The zero-order valence-corrected chi connectivity index (χ0v) is 49.9. The third kappa shape index (κ3) is 13.5. The van der Waals surface area contributed by atoms with Crippen LogP contribution in [0.2, 0.25) is 24.2 Å². The van der Waals surface area contributed by atoms with Crippen molar-refractivity contribution >= 4 is 111 Å². The molecule has 0 amide bonds. The summed E-state index contributed by atoms with van der Waals surface area (Å²) in [5.41, 5.74) is 0. The van der Waals surface area contributed by atoms with E-state index in [-0.39, 0.29) is 0 Å². The van der Waals surface area contributed by atoms with E-state index in [0.717, 1.165) is 0 Å². The van der Waals surface area contributed by atoms with E-state index in [9.17, 15) is 0 Å². The van der Waals surface area contributed by atoms with E-state index in [4.69, 9.17) is 0 Å². The van der Waals surface area contributed by atoms with Crippen molar-refractivity contribution < 1.29 is 0 Å². The maximum Gasteiger partial charge on any atom is 0.216 e. The molecule has 0 aliphatic carbocycles. The lowest BCUT2D eigenvalue weighted by molar-refractivity contribution is 0.528. The van der Waals surface area contributed by atoms with Gasteiger partial charge in [-0.15, -0.1) is 0 Å². The second-order valence-electron chi connectivity index (χ2n) is 18.2. The minimum atomic E-state index is -1.20. The first-order valence-electron chi connectivity index (χ1n) is 25.3. The molecular weight excluding hydrogens is 1010 g/mol. The number of rotatable bonds is 20. The Morgan fingerprint density at radius 1 is 0.222 bits per heavy atom. The third-order valence-corrected chi connectivity index (χ3v) is 40.8. The molecule has 8 aromatic rings. The maximum atomic E-state index is 3.08. The Labute approximate surface area is 444 Å². The van der Waals surface area contributed by atoms with Crippen LogP contribution >= 0.6 is 31.7 Å². The SMILES string of the molecule is CN1[Si](CCP(c2ccccc2)c2ccccc2)N(C)[Si](CCP(c2ccccc2)c2ccccc2)N(C)[Si](CCP(c2ccccc2)c2ccccc2)N(C)[Si]1CCP(c1ccccc1)c1ccccc1. The van der Waals surface area contributed by atoms with E-state index in [1.165, 1.54) is 91.3 Å². The zero-order valence-electron chi connectivity index (χ0n) is 42.3. The Bertz CT molecular complexity index is 2220. The van der Waals surface area contributed by atoms with Gasteiger partial charge in [-0.2, -0.15) is 0 Å². The van der Waals surface area contributed by atoms with Crippen LogP contribution in [0.5, 0.6) is 0 Å². The van der Waals surface area contributed by atoms with Gasteiger partial charge >= 0.3 is 0 Å². The highest BCUT2D eigenvalue weighted by atomic mass is 31.1. The van der Waals surface area contributed by atoms with Crippen molar-refractivity contribution in [1.82, 2.24) is 16.9 Å². The first kappa shape index (κ1) is 53.0. The minimum absolute atomic E-state index is 0.521. The third-order valence-electron chi connectivity index (χ3n) is 13.9. The number of hydrogen-bond donors (Lipinski definition) is 0. The van der Waals surface area contributed by atoms with Gasteiger partial charge in [0.25, 0.3) is 0 Å². The summed E-state index contributed by atoms with van der Waals surface area (Å²) in [7, 11) is 3.52. The Kier molecular flexibility index (Phi) is 20.0. The molecular formula is C60H68N4P4Si4. The van der Waals surface area contributed by atoms with E-state index in [0.29, 0.717) is 0 Å². The van der Waals surface area contributed by atoms with Gasteiger partial charge in [-0.05, 0) is 151 Å². The molecule has 4 radical (unpaired) electrons. The summed E-state index contributed by atoms with van der Waals surface area (Å²) < 4.78 is 12.3. The van der Waals surface area contributed by atoms with Crippen LogP contribution in [0.1, 0.15) is 0 Å². The maximum absolute atomic E-state index is 3.08. The van der Waals surface area contributed by atoms with Crippen molar-refractivity contribution in [1.29, 1.82) is 0 Å². The molecule has 12 heteroatoms. The van der Waals surface area contributed by atoms with Crippen LogP contribution in [-0.4, -0.2) is 106 Å². The molecule has 1 fully saturated rings. The first-order valence-corrected chi connectivity index (χ1v) is 37.8. The van der Waals surface area contributed by atoms with E-state index < -0.39 is 68.2 Å². The second-order valence-corrected chi connectivity index (χ2v) is 40.0. The van der Waals surface area contributed by atoms with Crippen molar-refractivity contribution in [2.75, 3.05) is 52.8 Å². The largest absolute Gasteiger partial charge is 0.325 e. The van der Waals surface area contributed by atoms with Crippen LogP contribution < -0.4 is 42.4 Å². The fourth-order valence-corrected chi connectivity index (χ4v) is 41.2. The molecule has 0 saturated carbocycles. The van der Waals surface area contributed by atoms with Crippen LogP contribution in [0.25, 0.3) is 0 Å². The summed E-state index contributed by atoms with van der Waals surface area (Å²) in [6.45, 7) is 0. The van der Waals surface area contributed by atoms with E-state index in [1.54, 1.807) is 0 Å². The van der Waals surface area contributed by atoms with Gasteiger partial charge in [-0.1, -0.05) is 243 Å². The van der Waals surface area contributed by atoms with Crippen molar-refractivity contribution in [2.24, 2.45) is 0 Å². The molecule has 72 heavy (non-hydrogen) atoms. The first-order chi connectivity index (χ1) is 35.4. The fraction of sp³-hybridized carbons (Fsp3) is 0.200. The standard InChI is InChI=1S/C60H68N4P4Si4/c1-61-69(49-45-65(53-29-13-5-14-30-53)54-31-15-6-16-32-54)62(2)71(51-47-67(57-37-21-9-22-38-57)58-39-23-10-24-40-58)64(4)72(52-48-68(59-41-25-11-26-42-59)60-43-27-12-28-44-60)63(3)70(61)50-46-66(55-33-17-7-18-34-55)56-35-19-8-20-36-56/h5-44H,45-52H2,1-4H3. The van der Waals surface area contributed by atoms with E-state index in [2.05, 4.69) is 288 Å². The molecule has 1 heterocycles. The second kappa shape index (κ2) is 27.1. The molecule has 8 aromatic carbocycles. The van der Waals surface area contributed by atoms with Crippen LogP contribution in [0, 0.1) is 0 Å². The quantitative estimate of drug-likeness (QED) is 0.0557. The van der Waals surface area contributed by atoms with E-state index in [1.807, 2.05) is 0 Å². The number of nitrogens with zero attached hydrogens (tertiary/aromatic N) is 4. The van der Waals surface area contributed by atoms with E-state index >= 15 is 0 Å². The van der Waals surface area contributed by atoms with Crippen LogP contribution in [0.3, 0.4) is 0 Å². The van der Waals surface area contributed by atoms with Gasteiger partial charge in [0.1, 0.15) is 0 Å². The van der Waals surface area contributed by atoms with Crippen LogP contribution in [0.4, 0.5) is 0 Å². The Morgan fingerprint density at radius 3 is 0.472 bits per heavy atom. The molecule has 1 aliphatic rings. The molecule has 0 bridgehead atoms. The fourth-order valence-electron chi connectivity index (χ4n) is 10.2. The summed E-state index contributed by atoms with van der Waals surface area (Å²) >= 11 is 0. The average Bonchev–Trinajstić information content (AvgIpc) is 3.44. The molecule has 4 nitrogen and oxygen atoms in total. The van der Waals surface area contributed by atoms with Crippen LogP contribution in [0.15, 0.2) is 243 Å². The lowest BCUT2D eigenvalue weighted by Crippen LogP contribution is -2.75. The molecule has 0 N–H and O–H groups in total. The van der Waals surface area contributed by atoms with Gasteiger partial charge in [0, 0.05) is 0 Å². The summed E-state index contributed by atoms with van der Waals surface area (Å²) in [5, 5.41) is 12.0. The molecule has 0 atom stereocenters. The Balaban J connectivity index is 1.12. The summed E-state index contributed by atoms with van der Waals surface area (Å²) in [6, 6.07) is 96.7. The monoisotopic (exact) mass is 1080 g/mol. The zero-order chi connectivity index (χ0) is 49.5. The smallest absolute Gasteiger partial charge is 0.216 e. The van der Waals surface area contributed by atoms with Gasteiger partial charge in [0.15, 0.2) is 0 Å². The highest BCUT2D eigenvalue weighted by Gasteiger charge is 2.46. The lowest BCUT2D eigenvalue weighted by atomic mass is 10.4. The average molecular weight is 1080 g/mol.